The van der Waals surface area contributed by atoms with Gasteiger partial charge in [-0.2, -0.15) is 0 Å². The molecule has 0 aliphatic carbocycles. The van der Waals surface area contributed by atoms with Gasteiger partial charge in [0.15, 0.2) is 0 Å². The highest BCUT2D eigenvalue weighted by Gasteiger charge is 2.32. The van der Waals surface area contributed by atoms with Gasteiger partial charge in [-0.3, -0.25) is 4.90 Å². The van der Waals surface area contributed by atoms with Crippen LogP contribution in [0.5, 0.6) is 0 Å². The van der Waals surface area contributed by atoms with Crippen molar-refractivity contribution in [3.8, 4) is 0 Å². The molecule has 1 N–H and O–H groups in total. The minimum atomic E-state index is -0.121. The number of anilines is 1. The molecule has 2 aliphatic rings. The van der Waals surface area contributed by atoms with Crippen LogP contribution in [0, 0.1) is 11.7 Å². The van der Waals surface area contributed by atoms with Crippen molar-refractivity contribution in [1.82, 2.24) is 4.90 Å². The maximum atomic E-state index is 13.4. The number of nitrogens with one attached hydrogen (secondary N) is 1. The van der Waals surface area contributed by atoms with Gasteiger partial charge in [0, 0.05) is 18.3 Å². The van der Waals surface area contributed by atoms with Gasteiger partial charge in [-0.25, -0.2) is 4.39 Å². The predicted octanol–water partition coefficient (Wildman–Crippen LogP) is 3.02. The lowest BCUT2D eigenvalue weighted by Crippen LogP contribution is -2.37. The van der Waals surface area contributed by atoms with Crippen LogP contribution in [0.3, 0.4) is 0 Å². The maximum Gasteiger partial charge on any atom is 0.123 e. The molecule has 17 heavy (non-hydrogen) atoms. The lowest BCUT2D eigenvalue weighted by atomic mass is 9.88. The summed E-state index contributed by atoms with van der Waals surface area (Å²) in [5.74, 6) is 0.422. The van der Waals surface area contributed by atoms with Crippen molar-refractivity contribution >= 4 is 5.69 Å². The van der Waals surface area contributed by atoms with E-state index in [-0.39, 0.29) is 5.82 Å². The molecule has 2 unspecified atom stereocenters. The summed E-state index contributed by atoms with van der Waals surface area (Å²) in [4.78, 5) is 2.52. The Morgan fingerprint density at radius 3 is 2.82 bits per heavy atom. The fourth-order valence-corrected chi connectivity index (χ4v) is 3.20. The third-order valence-corrected chi connectivity index (χ3v) is 4.02. The Balaban J connectivity index is 1.99. The Morgan fingerprint density at radius 1 is 1.29 bits per heavy atom. The summed E-state index contributed by atoms with van der Waals surface area (Å²) in [5.41, 5.74) is 2.26. The van der Waals surface area contributed by atoms with Crippen LogP contribution in [0.4, 0.5) is 10.1 Å². The first kappa shape index (κ1) is 11.0. The summed E-state index contributed by atoms with van der Waals surface area (Å²) in [6.07, 6.45) is 2.56. The van der Waals surface area contributed by atoms with E-state index < -0.39 is 0 Å². The van der Waals surface area contributed by atoms with Crippen molar-refractivity contribution < 1.29 is 4.39 Å². The summed E-state index contributed by atoms with van der Waals surface area (Å²) in [6.45, 7) is 5.56. The standard InChI is InChI=1S/C14H19FN2/c1-10-9-16-13-5-4-11(15)8-12(13)14(10)17-6-2-3-7-17/h4-5,8,10,14,16H,2-3,6-7,9H2,1H3. The van der Waals surface area contributed by atoms with Crippen LogP contribution in [0.1, 0.15) is 31.4 Å². The predicted molar refractivity (Wildman–Crippen MR) is 67.6 cm³/mol. The normalized spacial score (nSPS) is 28.8. The second-order valence-electron chi connectivity index (χ2n) is 5.28. The first-order valence-corrected chi connectivity index (χ1v) is 6.53. The van der Waals surface area contributed by atoms with Gasteiger partial charge in [0.05, 0.1) is 0 Å². The monoisotopic (exact) mass is 234 g/mol. The molecule has 1 fully saturated rings. The third-order valence-electron chi connectivity index (χ3n) is 4.02. The number of hydrogen-bond acceptors (Lipinski definition) is 2. The van der Waals surface area contributed by atoms with E-state index in [1.807, 2.05) is 6.07 Å². The van der Waals surface area contributed by atoms with Crippen molar-refractivity contribution in [2.24, 2.45) is 5.92 Å². The van der Waals surface area contributed by atoms with Crippen molar-refractivity contribution in [3.05, 3.63) is 29.6 Å². The van der Waals surface area contributed by atoms with Gasteiger partial charge >= 0.3 is 0 Å². The molecule has 2 atom stereocenters. The average Bonchev–Trinajstić information content (AvgIpc) is 2.82. The Morgan fingerprint density at radius 2 is 2.06 bits per heavy atom. The van der Waals surface area contributed by atoms with Crippen LogP contribution in [0.15, 0.2) is 18.2 Å². The van der Waals surface area contributed by atoms with Crippen molar-refractivity contribution in [3.63, 3.8) is 0 Å². The number of hydrogen-bond donors (Lipinski definition) is 1. The molecule has 0 spiro atoms. The highest BCUT2D eigenvalue weighted by Crippen LogP contribution is 2.39. The largest absolute Gasteiger partial charge is 0.384 e. The highest BCUT2D eigenvalue weighted by atomic mass is 19.1. The number of benzene rings is 1. The fourth-order valence-electron chi connectivity index (χ4n) is 3.20. The van der Waals surface area contributed by atoms with Gasteiger partial charge in [-0.05, 0) is 55.6 Å². The van der Waals surface area contributed by atoms with Crippen LogP contribution >= 0.6 is 0 Å². The van der Waals surface area contributed by atoms with Gasteiger partial charge in [0.2, 0.25) is 0 Å². The van der Waals surface area contributed by atoms with E-state index >= 15 is 0 Å². The van der Waals surface area contributed by atoms with E-state index in [0.29, 0.717) is 12.0 Å². The summed E-state index contributed by atoms with van der Waals surface area (Å²) in [7, 11) is 0. The molecule has 0 amide bonds. The van der Waals surface area contributed by atoms with Gasteiger partial charge in [0.1, 0.15) is 5.82 Å². The van der Waals surface area contributed by atoms with Gasteiger partial charge in [-0.1, -0.05) is 6.92 Å². The van der Waals surface area contributed by atoms with E-state index in [0.717, 1.165) is 30.9 Å². The van der Waals surface area contributed by atoms with E-state index in [4.69, 9.17) is 0 Å². The number of likely N-dealkylation sites (tertiary alicyclic amines) is 1. The van der Waals surface area contributed by atoms with E-state index in [2.05, 4.69) is 17.1 Å². The third kappa shape index (κ3) is 1.93. The molecule has 0 saturated carbocycles. The second-order valence-corrected chi connectivity index (χ2v) is 5.28. The second kappa shape index (κ2) is 4.30. The quantitative estimate of drug-likeness (QED) is 0.803. The topological polar surface area (TPSA) is 15.3 Å². The lowest BCUT2D eigenvalue weighted by molar-refractivity contribution is 0.185. The van der Waals surface area contributed by atoms with Crippen LogP contribution in [-0.2, 0) is 0 Å². The molecule has 92 valence electrons. The van der Waals surface area contributed by atoms with E-state index in [1.165, 1.54) is 12.8 Å². The summed E-state index contributed by atoms with van der Waals surface area (Å²) < 4.78 is 13.4. The number of nitrogens with zero attached hydrogens (tertiary/aromatic N) is 1. The molecule has 1 aromatic carbocycles. The number of rotatable bonds is 1. The molecule has 2 heterocycles. The Labute approximate surface area is 102 Å². The van der Waals surface area contributed by atoms with Crippen LogP contribution in [0.25, 0.3) is 0 Å². The first-order chi connectivity index (χ1) is 8.25. The number of halogens is 1. The zero-order valence-corrected chi connectivity index (χ0v) is 10.2. The highest BCUT2D eigenvalue weighted by molar-refractivity contribution is 5.55. The Kier molecular flexibility index (Phi) is 2.79. The minimum Gasteiger partial charge on any atom is -0.384 e. The maximum absolute atomic E-state index is 13.4. The van der Waals surface area contributed by atoms with Crippen molar-refractivity contribution in [2.75, 3.05) is 25.0 Å². The van der Waals surface area contributed by atoms with Crippen LogP contribution < -0.4 is 5.32 Å². The zero-order chi connectivity index (χ0) is 11.8. The Bertz CT molecular complexity index is 413. The first-order valence-electron chi connectivity index (χ1n) is 6.53. The molecular weight excluding hydrogens is 215 g/mol. The van der Waals surface area contributed by atoms with Crippen molar-refractivity contribution in [2.45, 2.75) is 25.8 Å². The summed E-state index contributed by atoms with van der Waals surface area (Å²) in [5, 5.41) is 3.40. The molecule has 0 radical (unpaired) electrons. The molecule has 2 nitrogen and oxygen atoms in total. The molecular formula is C14H19FN2. The summed E-state index contributed by atoms with van der Waals surface area (Å²) >= 11 is 0. The van der Waals surface area contributed by atoms with Gasteiger partial charge < -0.3 is 5.32 Å². The average molecular weight is 234 g/mol. The fraction of sp³-hybridized carbons (Fsp3) is 0.571. The number of fused-ring (bicyclic) bond motifs is 1. The van der Waals surface area contributed by atoms with Gasteiger partial charge in [0.25, 0.3) is 0 Å². The molecule has 2 aliphatic heterocycles. The molecule has 3 heteroatoms. The lowest BCUT2D eigenvalue weighted by Gasteiger charge is -2.38. The molecule has 1 aromatic rings. The van der Waals surface area contributed by atoms with E-state index in [9.17, 15) is 4.39 Å². The van der Waals surface area contributed by atoms with Crippen LogP contribution in [0.2, 0.25) is 0 Å². The summed E-state index contributed by atoms with van der Waals surface area (Å²) in [6, 6.07) is 5.52. The SMILES string of the molecule is CC1CNc2ccc(F)cc2C1N1CCCC1. The van der Waals surface area contributed by atoms with E-state index in [1.54, 1.807) is 12.1 Å². The molecule has 3 rings (SSSR count). The molecule has 1 saturated heterocycles. The van der Waals surface area contributed by atoms with Crippen LogP contribution in [-0.4, -0.2) is 24.5 Å². The molecule has 0 aromatic heterocycles. The smallest absolute Gasteiger partial charge is 0.123 e. The van der Waals surface area contributed by atoms with Gasteiger partial charge in [-0.15, -0.1) is 0 Å². The minimum absolute atomic E-state index is 0.121. The van der Waals surface area contributed by atoms with Crippen molar-refractivity contribution in [1.29, 1.82) is 0 Å². The molecule has 0 bridgehead atoms. The Hall–Kier alpha value is -1.09. The zero-order valence-electron chi connectivity index (χ0n) is 10.2.